The fourth-order valence-electron chi connectivity index (χ4n) is 1.46. The van der Waals surface area contributed by atoms with Gasteiger partial charge in [0.05, 0.1) is 11.5 Å². The van der Waals surface area contributed by atoms with Crippen LogP contribution in [0.4, 0.5) is 0 Å². The number of hydrogen-bond donors (Lipinski definition) is 0. The molecule has 14 heavy (non-hydrogen) atoms. The Hall–Kier alpha value is 0.190. The summed E-state index contributed by atoms with van der Waals surface area (Å²) in [5, 5.41) is 0. The van der Waals surface area contributed by atoms with Crippen LogP contribution in [-0.4, -0.2) is 48.0 Å². The molecular formula is C8H15NO2S3. The van der Waals surface area contributed by atoms with Gasteiger partial charge in [-0.25, -0.2) is 8.42 Å². The van der Waals surface area contributed by atoms with Crippen LogP contribution in [0.15, 0.2) is 0 Å². The third kappa shape index (κ3) is 3.10. The molecule has 1 fully saturated rings. The summed E-state index contributed by atoms with van der Waals surface area (Å²) in [5.41, 5.74) is 0. The molecule has 1 atom stereocenters. The first-order valence-corrected chi connectivity index (χ1v) is 7.78. The number of hydrogen-bond acceptors (Lipinski definition) is 4. The van der Waals surface area contributed by atoms with E-state index in [0.717, 1.165) is 10.1 Å². The maximum atomic E-state index is 11.2. The van der Waals surface area contributed by atoms with E-state index < -0.39 is 9.84 Å². The van der Waals surface area contributed by atoms with Crippen LogP contribution in [0.5, 0.6) is 0 Å². The average Bonchev–Trinajstić information content (AvgIpc) is 2.45. The minimum Gasteiger partial charge on any atom is -0.357 e. The second kappa shape index (κ2) is 4.81. The molecule has 0 aromatic heterocycles. The third-order valence-electron chi connectivity index (χ3n) is 2.31. The van der Waals surface area contributed by atoms with E-state index in [-0.39, 0.29) is 11.8 Å². The Morgan fingerprint density at radius 2 is 2.29 bits per heavy atom. The largest absolute Gasteiger partial charge is 0.357 e. The summed E-state index contributed by atoms with van der Waals surface area (Å²) in [5.74, 6) is 1.50. The summed E-state index contributed by atoms with van der Waals surface area (Å²) >= 11 is 6.77. The Kier molecular flexibility index (Phi) is 4.21. The van der Waals surface area contributed by atoms with E-state index in [4.69, 9.17) is 12.2 Å². The summed E-state index contributed by atoms with van der Waals surface area (Å²) in [6.45, 7) is 2.04. The van der Waals surface area contributed by atoms with Crippen molar-refractivity contribution in [3.05, 3.63) is 0 Å². The first-order valence-electron chi connectivity index (χ1n) is 4.56. The van der Waals surface area contributed by atoms with Crippen LogP contribution in [-0.2, 0) is 9.84 Å². The number of thiocarbonyl (C=S) groups is 1. The molecule has 0 spiro atoms. The van der Waals surface area contributed by atoms with Crippen LogP contribution in [0.25, 0.3) is 0 Å². The zero-order valence-corrected chi connectivity index (χ0v) is 10.8. The van der Waals surface area contributed by atoms with Crippen molar-refractivity contribution < 1.29 is 8.42 Å². The molecule has 1 aliphatic heterocycles. The molecule has 0 bridgehead atoms. The van der Waals surface area contributed by atoms with Crippen molar-refractivity contribution in [2.75, 3.05) is 24.3 Å². The maximum absolute atomic E-state index is 11.2. The van der Waals surface area contributed by atoms with Crippen molar-refractivity contribution in [1.82, 2.24) is 4.90 Å². The molecule has 0 radical (unpaired) electrons. The van der Waals surface area contributed by atoms with Gasteiger partial charge in [0.1, 0.15) is 4.32 Å². The predicted molar refractivity (Wildman–Crippen MR) is 65.6 cm³/mol. The fraction of sp³-hybridized carbons (Fsp3) is 0.875. The average molecular weight is 253 g/mol. The molecule has 1 aliphatic rings. The summed E-state index contributed by atoms with van der Waals surface area (Å²) in [7, 11) is -0.914. The van der Waals surface area contributed by atoms with Gasteiger partial charge >= 0.3 is 0 Å². The summed E-state index contributed by atoms with van der Waals surface area (Å²) in [6, 6.07) is 0.0894. The van der Waals surface area contributed by atoms with E-state index in [0.29, 0.717) is 12.2 Å². The summed E-state index contributed by atoms with van der Waals surface area (Å²) in [4.78, 5) is 1.92. The molecule has 0 aromatic rings. The van der Waals surface area contributed by atoms with Gasteiger partial charge in [-0.3, -0.25) is 0 Å². The Balaban J connectivity index is 2.55. The smallest absolute Gasteiger partial charge is 0.152 e. The van der Waals surface area contributed by atoms with Gasteiger partial charge in [-0.15, -0.1) is 0 Å². The standard InChI is InChI=1S/C8H15NO2S3/c1-3-13-8(12)9(2)7-4-5-14(10,11)6-7/h7H,3-6H2,1-2H3. The molecule has 3 nitrogen and oxygen atoms in total. The number of thioether (sulfide) groups is 1. The molecule has 0 amide bonds. The first kappa shape index (κ1) is 12.3. The number of sulfone groups is 1. The molecule has 6 heteroatoms. The Morgan fingerprint density at radius 3 is 2.71 bits per heavy atom. The van der Waals surface area contributed by atoms with Crippen molar-refractivity contribution in [3.63, 3.8) is 0 Å². The van der Waals surface area contributed by atoms with Crippen LogP contribution in [0, 0.1) is 0 Å². The van der Waals surface area contributed by atoms with Gasteiger partial charge < -0.3 is 4.90 Å². The van der Waals surface area contributed by atoms with Crippen LogP contribution in [0.2, 0.25) is 0 Å². The highest BCUT2D eigenvalue weighted by atomic mass is 32.2. The van der Waals surface area contributed by atoms with E-state index in [1.807, 2.05) is 18.9 Å². The molecule has 0 aliphatic carbocycles. The lowest BCUT2D eigenvalue weighted by atomic mass is 10.2. The molecule has 0 aromatic carbocycles. The lowest BCUT2D eigenvalue weighted by molar-refractivity contribution is 0.409. The topological polar surface area (TPSA) is 37.4 Å². The highest BCUT2D eigenvalue weighted by molar-refractivity contribution is 8.22. The normalized spacial score (nSPS) is 24.9. The Bertz CT molecular complexity index is 313. The fourth-order valence-corrected chi connectivity index (χ4v) is 4.33. The maximum Gasteiger partial charge on any atom is 0.152 e. The van der Waals surface area contributed by atoms with Gasteiger partial charge in [-0.1, -0.05) is 30.9 Å². The lowest BCUT2D eigenvalue weighted by Crippen LogP contribution is -2.35. The van der Waals surface area contributed by atoms with E-state index >= 15 is 0 Å². The minimum atomic E-state index is -2.80. The molecule has 1 rings (SSSR count). The van der Waals surface area contributed by atoms with Gasteiger partial charge in [-0.2, -0.15) is 0 Å². The quantitative estimate of drug-likeness (QED) is 0.690. The Morgan fingerprint density at radius 1 is 1.64 bits per heavy atom. The second-order valence-electron chi connectivity index (χ2n) is 3.37. The zero-order chi connectivity index (χ0) is 10.8. The van der Waals surface area contributed by atoms with E-state index in [1.54, 1.807) is 11.8 Å². The molecule has 1 saturated heterocycles. The van der Waals surface area contributed by atoms with Crippen molar-refractivity contribution in [2.45, 2.75) is 19.4 Å². The van der Waals surface area contributed by atoms with Crippen molar-refractivity contribution >= 4 is 38.1 Å². The predicted octanol–water partition coefficient (Wildman–Crippen LogP) is 1.14. The lowest BCUT2D eigenvalue weighted by Gasteiger charge is -2.25. The molecule has 1 heterocycles. The van der Waals surface area contributed by atoms with Crippen LogP contribution >= 0.6 is 24.0 Å². The van der Waals surface area contributed by atoms with E-state index in [2.05, 4.69) is 0 Å². The van der Waals surface area contributed by atoms with Gasteiger partial charge in [0.2, 0.25) is 0 Å². The van der Waals surface area contributed by atoms with E-state index in [9.17, 15) is 8.42 Å². The van der Waals surface area contributed by atoms with Crippen molar-refractivity contribution in [1.29, 1.82) is 0 Å². The van der Waals surface area contributed by atoms with E-state index in [1.165, 1.54) is 0 Å². The molecule has 1 unspecified atom stereocenters. The van der Waals surface area contributed by atoms with Crippen LogP contribution in [0.3, 0.4) is 0 Å². The van der Waals surface area contributed by atoms with Crippen LogP contribution < -0.4 is 0 Å². The SMILES string of the molecule is CCSC(=S)N(C)C1CCS(=O)(=O)C1. The first-order chi connectivity index (χ1) is 6.46. The monoisotopic (exact) mass is 253 g/mol. The highest BCUT2D eigenvalue weighted by Gasteiger charge is 2.31. The number of rotatable bonds is 2. The molecule has 0 saturated carbocycles. The summed E-state index contributed by atoms with van der Waals surface area (Å²) in [6.07, 6.45) is 0.712. The van der Waals surface area contributed by atoms with Gasteiger partial charge in [0.15, 0.2) is 9.84 Å². The van der Waals surface area contributed by atoms with Crippen molar-refractivity contribution in [3.8, 4) is 0 Å². The second-order valence-corrected chi connectivity index (χ2v) is 7.49. The highest BCUT2D eigenvalue weighted by Crippen LogP contribution is 2.20. The molecule has 0 N–H and O–H groups in total. The Labute approximate surface area is 95.2 Å². The summed E-state index contributed by atoms with van der Waals surface area (Å²) < 4.78 is 23.3. The van der Waals surface area contributed by atoms with Gasteiger partial charge in [0.25, 0.3) is 0 Å². The zero-order valence-electron chi connectivity index (χ0n) is 8.39. The van der Waals surface area contributed by atoms with Gasteiger partial charge in [0, 0.05) is 13.1 Å². The van der Waals surface area contributed by atoms with Gasteiger partial charge in [-0.05, 0) is 12.2 Å². The van der Waals surface area contributed by atoms with Crippen LogP contribution in [0.1, 0.15) is 13.3 Å². The number of nitrogens with zero attached hydrogens (tertiary/aromatic N) is 1. The third-order valence-corrected chi connectivity index (χ3v) is 5.53. The molecule has 82 valence electrons. The van der Waals surface area contributed by atoms with Crippen molar-refractivity contribution in [2.24, 2.45) is 0 Å². The molecular weight excluding hydrogens is 238 g/mol. The minimum absolute atomic E-state index is 0.0894.